The van der Waals surface area contributed by atoms with Crippen molar-refractivity contribution in [1.82, 2.24) is 19.9 Å². The van der Waals surface area contributed by atoms with Crippen LogP contribution in [-0.2, 0) is 4.74 Å². The molecule has 0 aliphatic carbocycles. The summed E-state index contributed by atoms with van der Waals surface area (Å²) in [5, 5.41) is 0.557. The number of hydrogen-bond acceptors (Lipinski definition) is 4. The highest BCUT2D eigenvalue weighted by molar-refractivity contribution is 6.34. The van der Waals surface area contributed by atoms with Crippen molar-refractivity contribution in [3.8, 4) is 11.4 Å². The molecule has 0 spiro atoms. The number of H-pyrrole nitrogens is 1. The zero-order chi connectivity index (χ0) is 16.5. The molecule has 0 unspecified atom stereocenters. The van der Waals surface area contributed by atoms with E-state index >= 15 is 0 Å². The highest BCUT2D eigenvalue weighted by atomic mass is 35.5. The Morgan fingerprint density at radius 3 is 2.62 bits per heavy atom. The van der Waals surface area contributed by atoms with Crippen molar-refractivity contribution in [2.75, 3.05) is 26.3 Å². The Balaban J connectivity index is 1.60. The van der Waals surface area contributed by atoms with Gasteiger partial charge >= 0.3 is 0 Å². The lowest BCUT2D eigenvalue weighted by molar-refractivity contribution is 0.0303. The van der Waals surface area contributed by atoms with E-state index in [9.17, 15) is 4.79 Å². The first kappa shape index (κ1) is 15.1. The van der Waals surface area contributed by atoms with E-state index < -0.39 is 0 Å². The summed E-state index contributed by atoms with van der Waals surface area (Å²) in [5.74, 6) is 0.704. The number of nitrogens with one attached hydrogen (secondary N) is 1. The smallest absolute Gasteiger partial charge is 0.254 e. The molecule has 7 heteroatoms. The molecule has 3 heterocycles. The second-order valence-corrected chi connectivity index (χ2v) is 5.96. The first-order chi connectivity index (χ1) is 11.7. The third kappa shape index (κ3) is 2.74. The number of rotatable bonds is 2. The first-order valence-electron chi connectivity index (χ1n) is 7.70. The Hall–Kier alpha value is -2.44. The normalized spacial score (nSPS) is 15.0. The average molecular weight is 343 g/mol. The van der Waals surface area contributed by atoms with Gasteiger partial charge in [0.05, 0.1) is 18.2 Å². The number of imidazole rings is 1. The molecule has 0 saturated carbocycles. The number of halogens is 1. The summed E-state index contributed by atoms with van der Waals surface area (Å²) in [5.41, 5.74) is 2.82. The number of morpholine rings is 1. The molecule has 1 aliphatic heterocycles. The van der Waals surface area contributed by atoms with E-state index in [1.165, 1.54) is 0 Å². The lowest BCUT2D eigenvalue weighted by atomic mass is 10.1. The maximum absolute atomic E-state index is 12.5. The van der Waals surface area contributed by atoms with Gasteiger partial charge in [-0.15, -0.1) is 0 Å². The van der Waals surface area contributed by atoms with E-state index in [2.05, 4.69) is 15.0 Å². The molecule has 3 aromatic rings. The number of pyridine rings is 1. The van der Waals surface area contributed by atoms with E-state index in [1.807, 2.05) is 29.2 Å². The Kier molecular flexibility index (Phi) is 3.92. The summed E-state index contributed by atoms with van der Waals surface area (Å²) in [7, 11) is 0. The molecule has 24 heavy (non-hydrogen) atoms. The zero-order valence-corrected chi connectivity index (χ0v) is 13.6. The Labute approximate surface area is 143 Å². The summed E-state index contributed by atoms with van der Waals surface area (Å²) >= 11 is 6.13. The van der Waals surface area contributed by atoms with Gasteiger partial charge in [-0.1, -0.05) is 23.7 Å². The second-order valence-electron chi connectivity index (χ2n) is 5.56. The molecule has 0 bridgehead atoms. The van der Waals surface area contributed by atoms with E-state index in [4.69, 9.17) is 16.3 Å². The first-order valence-corrected chi connectivity index (χ1v) is 8.08. The number of hydrogen-bond donors (Lipinski definition) is 1. The highest BCUT2D eigenvalue weighted by Crippen LogP contribution is 2.24. The van der Waals surface area contributed by atoms with Gasteiger partial charge in [0.1, 0.15) is 11.3 Å². The van der Waals surface area contributed by atoms with Gasteiger partial charge in [-0.2, -0.15) is 0 Å². The predicted octanol–water partition coefficient (Wildman–Crippen LogP) is 2.75. The quantitative estimate of drug-likeness (QED) is 0.777. The Bertz CT molecular complexity index is 885. The fourth-order valence-electron chi connectivity index (χ4n) is 2.74. The minimum atomic E-state index is 0.0270. The number of fused-ring (bicyclic) bond motifs is 1. The molecule has 1 fully saturated rings. The number of benzene rings is 1. The van der Waals surface area contributed by atoms with Crippen LogP contribution in [0.3, 0.4) is 0 Å². The molecular weight excluding hydrogens is 328 g/mol. The van der Waals surface area contributed by atoms with Gasteiger partial charge in [-0.05, 0) is 18.2 Å². The molecule has 6 nitrogen and oxygen atoms in total. The molecule has 2 aromatic heterocycles. The number of aromatic amines is 1. The minimum absolute atomic E-state index is 0.0270. The molecule has 1 N–H and O–H groups in total. The Morgan fingerprint density at radius 2 is 1.92 bits per heavy atom. The molecule has 0 atom stereocenters. The fraction of sp³-hybridized carbons (Fsp3) is 0.235. The summed E-state index contributed by atoms with van der Waals surface area (Å²) in [6.07, 6.45) is 1.64. The van der Waals surface area contributed by atoms with Crippen molar-refractivity contribution >= 4 is 28.7 Å². The van der Waals surface area contributed by atoms with Crippen molar-refractivity contribution in [3.63, 3.8) is 0 Å². The third-order valence-electron chi connectivity index (χ3n) is 4.04. The van der Waals surface area contributed by atoms with Crippen molar-refractivity contribution in [1.29, 1.82) is 0 Å². The van der Waals surface area contributed by atoms with E-state index in [0.29, 0.717) is 53.9 Å². The van der Waals surface area contributed by atoms with Crippen molar-refractivity contribution in [3.05, 3.63) is 47.1 Å². The summed E-state index contributed by atoms with van der Waals surface area (Å²) in [4.78, 5) is 26.1. The average Bonchev–Trinajstić information content (AvgIpc) is 3.08. The van der Waals surface area contributed by atoms with E-state index in [1.54, 1.807) is 12.3 Å². The molecule has 1 amide bonds. The van der Waals surface area contributed by atoms with Crippen LogP contribution >= 0.6 is 11.6 Å². The van der Waals surface area contributed by atoms with Crippen LogP contribution in [0.4, 0.5) is 0 Å². The molecule has 1 aliphatic rings. The molecular formula is C17H15ClN4O2. The van der Waals surface area contributed by atoms with Crippen molar-refractivity contribution in [2.45, 2.75) is 0 Å². The highest BCUT2D eigenvalue weighted by Gasteiger charge is 2.18. The van der Waals surface area contributed by atoms with Crippen LogP contribution in [-0.4, -0.2) is 52.1 Å². The van der Waals surface area contributed by atoms with E-state index in [0.717, 1.165) is 5.56 Å². The van der Waals surface area contributed by atoms with Crippen LogP contribution in [0.1, 0.15) is 10.4 Å². The SMILES string of the molecule is O=C(c1ccc(-c2nc3c(Cl)ccnc3[nH]2)cc1)N1CCOCC1. The number of nitrogens with zero attached hydrogens (tertiary/aromatic N) is 3. The lowest BCUT2D eigenvalue weighted by Gasteiger charge is -2.26. The van der Waals surface area contributed by atoms with Gasteiger partial charge < -0.3 is 14.6 Å². The van der Waals surface area contributed by atoms with E-state index in [-0.39, 0.29) is 5.91 Å². The van der Waals surface area contributed by atoms with Crippen LogP contribution in [0.2, 0.25) is 5.02 Å². The number of aromatic nitrogens is 3. The zero-order valence-electron chi connectivity index (χ0n) is 12.8. The molecule has 4 rings (SSSR count). The van der Waals surface area contributed by atoms with Gasteiger partial charge in [0.25, 0.3) is 5.91 Å². The topological polar surface area (TPSA) is 71.1 Å². The summed E-state index contributed by atoms with van der Waals surface area (Å²) in [6, 6.07) is 9.09. The van der Waals surface area contributed by atoms with Crippen LogP contribution in [0.15, 0.2) is 36.5 Å². The number of amides is 1. The van der Waals surface area contributed by atoms with Gasteiger partial charge in [-0.25, -0.2) is 9.97 Å². The monoisotopic (exact) mass is 342 g/mol. The summed E-state index contributed by atoms with van der Waals surface area (Å²) < 4.78 is 5.28. The van der Waals surface area contributed by atoms with Gasteiger partial charge in [0, 0.05) is 30.4 Å². The van der Waals surface area contributed by atoms with Gasteiger partial charge in [0.15, 0.2) is 5.65 Å². The molecule has 1 saturated heterocycles. The second kappa shape index (κ2) is 6.22. The molecule has 1 aromatic carbocycles. The standard InChI is InChI=1S/C17H15ClN4O2/c18-13-5-6-19-16-14(13)20-15(21-16)11-1-3-12(4-2-11)17(23)22-7-9-24-10-8-22/h1-6H,7-10H2,(H,19,20,21). The molecule has 0 radical (unpaired) electrons. The van der Waals surface area contributed by atoms with Crippen LogP contribution in [0.5, 0.6) is 0 Å². The number of carbonyl (C=O) groups is 1. The maximum Gasteiger partial charge on any atom is 0.254 e. The fourth-order valence-corrected chi connectivity index (χ4v) is 2.92. The Morgan fingerprint density at radius 1 is 1.17 bits per heavy atom. The maximum atomic E-state index is 12.5. The summed E-state index contributed by atoms with van der Waals surface area (Å²) in [6.45, 7) is 2.45. The largest absolute Gasteiger partial charge is 0.378 e. The lowest BCUT2D eigenvalue weighted by Crippen LogP contribution is -2.40. The molecule has 122 valence electrons. The van der Waals surface area contributed by atoms with Crippen LogP contribution < -0.4 is 0 Å². The number of carbonyl (C=O) groups excluding carboxylic acids is 1. The third-order valence-corrected chi connectivity index (χ3v) is 4.34. The van der Waals surface area contributed by atoms with Crippen molar-refractivity contribution in [2.24, 2.45) is 0 Å². The predicted molar refractivity (Wildman–Crippen MR) is 91.1 cm³/mol. The van der Waals surface area contributed by atoms with Crippen LogP contribution in [0, 0.1) is 0 Å². The van der Waals surface area contributed by atoms with Crippen LogP contribution in [0.25, 0.3) is 22.6 Å². The van der Waals surface area contributed by atoms with Gasteiger partial charge in [0.2, 0.25) is 0 Å². The van der Waals surface area contributed by atoms with Gasteiger partial charge in [-0.3, -0.25) is 4.79 Å². The minimum Gasteiger partial charge on any atom is -0.378 e. The number of ether oxygens (including phenoxy) is 1. The van der Waals surface area contributed by atoms with Crippen molar-refractivity contribution < 1.29 is 9.53 Å².